The Morgan fingerprint density at radius 3 is 1.87 bits per heavy atom. The first-order valence-electron chi connectivity index (χ1n) is 12.7. The van der Waals surface area contributed by atoms with Crippen molar-refractivity contribution in [1.29, 1.82) is 0 Å². The number of ether oxygens (including phenoxy) is 2. The Bertz CT molecular complexity index is 1790. The molecule has 0 radical (unpaired) electrons. The number of amides is 1. The van der Waals surface area contributed by atoms with Gasteiger partial charge in [-0.25, -0.2) is 0 Å². The molecule has 0 bridgehead atoms. The molecule has 0 aromatic heterocycles. The Morgan fingerprint density at radius 1 is 0.766 bits per heavy atom. The average molecular weight is 709 g/mol. The molecule has 0 atom stereocenters. The molecule has 47 heavy (non-hydrogen) atoms. The molecule has 4 aromatic carbocycles. The number of carbonyl (C=O) groups excluding carboxylic acids is 1. The normalized spacial score (nSPS) is 10.4. The topological polar surface area (TPSA) is 207 Å². The summed E-state index contributed by atoms with van der Waals surface area (Å²) in [5.41, 5.74) is 2.18. The largest absolute Gasteiger partial charge is 1.00 e. The van der Waals surface area contributed by atoms with Gasteiger partial charge in [-0.2, -0.15) is 0 Å². The van der Waals surface area contributed by atoms with Gasteiger partial charge in [0.15, 0.2) is 0 Å². The molecule has 0 aliphatic carbocycles. The molecule has 2 N–H and O–H groups in total. The predicted molar refractivity (Wildman–Crippen MR) is 173 cm³/mol. The summed E-state index contributed by atoms with van der Waals surface area (Å²) in [4.78, 5) is 45.2. The molecule has 242 valence electrons. The number of nitro benzene ring substituents is 3. The van der Waals surface area contributed by atoms with E-state index in [1.54, 1.807) is 49.2 Å². The van der Waals surface area contributed by atoms with E-state index in [1.807, 2.05) is 24.3 Å². The maximum Gasteiger partial charge on any atom is 1.00 e. The van der Waals surface area contributed by atoms with Crippen LogP contribution in [0.15, 0.2) is 92.4 Å². The number of rotatable bonds is 8. The van der Waals surface area contributed by atoms with E-state index >= 15 is 0 Å². The molecule has 5 rings (SSSR count). The second-order valence-corrected chi connectivity index (χ2v) is 11.3. The van der Waals surface area contributed by atoms with Gasteiger partial charge in [0.1, 0.15) is 11.5 Å². The first-order chi connectivity index (χ1) is 21.0. The Hall–Kier alpha value is -3.55. The van der Waals surface area contributed by atoms with Crippen molar-refractivity contribution in [3.8, 4) is 11.5 Å². The number of non-ortho nitro benzene ring substituents is 2. The van der Waals surface area contributed by atoms with Crippen molar-refractivity contribution in [2.45, 2.75) is 40.4 Å². The zero-order chi connectivity index (χ0) is 32.0. The van der Waals surface area contributed by atoms with Gasteiger partial charge in [0, 0.05) is 39.8 Å². The number of hydrogen-bond acceptors (Lipinski definition) is 12. The summed E-state index contributed by atoms with van der Waals surface area (Å²) >= 11 is 2.56. The first-order valence-corrected chi connectivity index (χ1v) is 14.3. The Kier molecular flexibility index (Phi) is 16.5. The number of anilines is 1. The number of carbonyl (C=O) groups is 1. The van der Waals surface area contributed by atoms with Crippen molar-refractivity contribution < 1.29 is 85.9 Å². The standard InChI is InChI=1S/C15H13N3O6S.C14H11NO3S.CH4.K.H2O/c1-9(19)16-12-5-4-11(24-2)8-15(12)25-14-6-3-10(17(20)21)7-13(14)18(22)23;1-18-12-5-3-10-6-9-2-4-11(15(16)17)7-13(9)19-14(10)8-12;;;/h3-8H,1-2H3,(H,16,19);2-5,7-8H,6H2,1H3;1H4;;1H2/q;;;+1;/p-1. The minimum atomic E-state index is -0.699. The first kappa shape index (κ1) is 41.5. The van der Waals surface area contributed by atoms with E-state index in [1.165, 1.54) is 31.7 Å². The molecule has 17 heteroatoms. The van der Waals surface area contributed by atoms with Crippen LogP contribution in [0, 0.1) is 30.3 Å². The smallest absolute Gasteiger partial charge is 0.870 e. The maximum absolute atomic E-state index is 11.3. The van der Waals surface area contributed by atoms with E-state index in [0.29, 0.717) is 16.3 Å². The molecule has 0 unspecified atom stereocenters. The van der Waals surface area contributed by atoms with Crippen LogP contribution in [0.4, 0.5) is 22.7 Å². The minimum Gasteiger partial charge on any atom is -0.870 e. The molecule has 4 aromatic rings. The van der Waals surface area contributed by atoms with Crippen molar-refractivity contribution in [3.63, 3.8) is 0 Å². The van der Waals surface area contributed by atoms with Gasteiger partial charge in [0.2, 0.25) is 5.91 Å². The second-order valence-electron chi connectivity index (χ2n) is 9.11. The summed E-state index contributed by atoms with van der Waals surface area (Å²) in [6.07, 6.45) is 0.805. The molecule has 0 saturated carbocycles. The van der Waals surface area contributed by atoms with Gasteiger partial charge in [0.25, 0.3) is 17.1 Å². The van der Waals surface area contributed by atoms with E-state index in [9.17, 15) is 35.1 Å². The predicted octanol–water partition coefficient (Wildman–Crippen LogP) is 4.74. The van der Waals surface area contributed by atoms with Crippen molar-refractivity contribution in [2.75, 3.05) is 19.5 Å². The molecule has 0 saturated heterocycles. The SMILES string of the molecule is C.COc1ccc(NC(C)=O)c(Sc2ccc([N+](=O)[O-])cc2[N+](=O)[O-])c1.COc1ccc2c(c1)Sc1cc([N+](=O)[O-])ccc1C2.[K+].[OH-]. The van der Waals surface area contributed by atoms with Crippen LogP contribution >= 0.6 is 23.5 Å². The minimum absolute atomic E-state index is 0. The van der Waals surface area contributed by atoms with Crippen LogP contribution in [-0.2, 0) is 11.2 Å². The van der Waals surface area contributed by atoms with Gasteiger partial charge in [-0.15, -0.1) is 0 Å². The van der Waals surface area contributed by atoms with Crippen molar-refractivity contribution in [2.24, 2.45) is 0 Å². The summed E-state index contributed by atoms with van der Waals surface area (Å²) in [6, 6.07) is 19.3. The molecule has 0 spiro atoms. The molecular weight excluding hydrogens is 680 g/mol. The fourth-order valence-corrected chi connectivity index (χ4v) is 6.25. The number of fused-ring (bicyclic) bond motifs is 2. The van der Waals surface area contributed by atoms with Crippen molar-refractivity contribution in [1.82, 2.24) is 0 Å². The van der Waals surface area contributed by atoms with Gasteiger partial charge < -0.3 is 20.3 Å². The van der Waals surface area contributed by atoms with Gasteiger partial charge in [-0.05, 0) is 53.9 Å². The van der Waals surface area contributed by atoms with Crippen LogP contribution < -0.4 is 66.2 Å². The van der Waals surface area contributed by atoms with Crippen molar-refractivity contribution >= 4 is 52.2 Å². The van der Waals surface area contributed by atoms with E-state index in [2.05, 4.69) is 5.32 Å². The molecule has 14 nitrogen and oxygen atoms in total. The van der Waals surface area contributed by atoms with Crippen LogP contribution in [0.3, 0.4) is 0 Å². The third-order valence-corrected chi connectivity index (χ3v) is 8.53. The van der Waals surface area contributed by atoms with Gasteiger partial charge in [-0.1, -0.05) is 43.1 Å². The van der Waals surface area contributed by atoms with Crippen molar-refractivity contribution in [3.05, 3.63) is 114 Å². The molecular formula is C30H29KN4O10S2. The molecule has 0 fully saturated rings. The second kappa shape index (κ2) is 18.7. The van der Waals surface area contributed by atoms with E-state index in [-0.39, 0.29) is 91.4 Å². The maximum atomic E-state index is 11.3. The molecule has 1 heterocycles. The number of nitrogens with zero attached hydrogens (tertiary/aromatic N) is 3. The van der Waals surface area contributed by atoms with Gasteiger partial charge in [-0.3, -0.25) is 35.1 Å². The number of nitrogens with one attached hydrogen (secondary N) is 1. The molecule has 1 aliphatic rings. The monoisotopic (exact) mass is 708 g/mol. The van der Waals surface area contributed by atoms with Gasteiger partial charge >= 0.3 is 51.4 Å². The summed E-state index contributed by atoms with van der Waals surface area (Å²) in [5.74, 6) is 1.01. The van der Waals surface area contributed by atoms with Crippen LogP contribution in [0.1, 0.15) is 25.5 Å². The fraction of sp³-hybridized carbons (Fsp3) is 0.167. The zero-order valence-corrected chi connectivity index (χ0v) is 29.7. The van der Waals surface area contributed by atoms with E-state index < -0.39 is 15.5 Å². The Morgan fingerprint density at radius 2 is 1.30 bits per heavy atom. The average Bonchev–Trinajstić information content (AvgIpc) is 3.00. The van der Waals surface area contributed by atoms with E-state index in [0.717, 1.165) is 45.4 Å². The van der Waals surface area contributed by atoms with Crippen LogP contribution in [0.2, 0.25) is 0 Å². The fourth-order valence-electron chi connectivity index (χ4n) is 4.10. The summed E-state index contributed by atoms with van der Waals surface area (Å²) < 4.78 is 10.3. The summed E-state index contributed by atoms with van der Waals surface area (Å²) in [6.45, 7) is 1.34. The van der Waals surface area contributed by atoms with Crippen LogP contribution in [0.25, 0.3) is 0 Å². The molecule has 1 aliphatic heterocycles. The number of benzene rings is 4. The summed E-state index contributed by atoms with van der Waals surface area (Å²) in [7, 11) is 3.10. The number of methoxy groups -OCH3 is 2. The third kappa shape index (κ3) is 10.7. The van der Waals surface area contributed by atoms with Crippen LogP contribution in [-0.4, -0.2) is 40.4 Å². The zero-order valence-electron chi connectivity index (χ0n) is 24.9. The van der Waals surface area contributed by atoms with Gasteiger partial charge in [0.05, 0.1) is 45.6 Å². The quantitative estimate of drug-likeness (QED) is 0.132. The van der Waals surface area contributed by atoms with Crippen LogP contribution in [0.5, 0.6) is 11.5 Å². The van der Waals surface area contributed by atoms with E-state index in [4.69, 9.17) is 9.47 Å². The molecule has 1 amide bonds. The summed E-state index contributed by atoms with van der Waals surface area (Å²) in [5, 5.41) is 35.5. The Balaban J connectivity index is 0.000000454. The number of hydrogen-bond donors (Lipinski definition) is 1. The number of nitro groups is 3. The Labute approximate surface area is 320 Å². The third-order valence-electron chi connectivity index (χ3n) is 6.21.